The van der Waals surface area contributed by atoms with Gasteiger partial charge in [0.15, 0.2) is 11.6 Å². The van der Waals surface area contributed by atoms with E-state index >= 15 is 0 Å². The minimum Gasteiger partial charge on any atom is -0.345 e. The van der Waals surface area contributed by atoms with Gasteiger partial charge < -0.3 is 9.88 Å². The maximum atomic E-state index is 13.5. The molecule has 174 valence electrons. The molecule has 0 radical (unpaired) electrons. The molecule has 1 atom stereocenters. The van der Waals surface area contributed by atoms with E-state index in [9.17, 15) is 22.0 Å². The Labute approximate surface area is 194 Å². The Morgan fingerprint density at radius 1 is 1.27 bits per heavy atom. The molecule has 0 fully saturated rings. The predicted octanol–water partition coefficient (Wildman–Crippen LogP) is 3.83. The number of hydrogen-bond donors (Lipinski definition) is 2. The Bertz CT molecular complexity index is 1360. The molecule has 11 heteroatoms. The van der Waals surface area contributed by atoms with Gasteiger partial charge in [0.2, 0.25) is 10.0 Å². The molecule has 1 aliphatic heterocycles. The number of carbonyl (C=O) groups excluding carboxylic acids is 1. The van der Waals surface area contributed by atoms with E-state index < -0.39 is 33.1 Å². The summed E-state index contributed by atoms with van der Waals surface area (Å²) in [6, 6.07) is 6.45. The van der Waals surface area contributed by atoms with E-state index in [1.807, 2.05) is 0 Å². The van der Waals surface area contributed by atoms with Crippen molar-refractivity contribution in [1.29, 1.82) is 0 Å². The number of pyridine rings is 1. The molecule has 0 spiro atoms. The van der Waals surface area contributed by atoms with E-state index in [1.54, 1.807) is 32.3 Å². The second-order valence-corrected chi connectivity index (χ2v) is 10.4. The van der Waals surface area contributed by atoms with Crippen LogP contribution in [0.25, 0.3) is 0 Å². The number of hydrogen-bond acceptors (Lipinski definition) is 4. The SMILES string of the molecule is Cn1cc2c(c1C(=O)Nc1ccc(F)c(F)c1)CCC(C)(Cc1ccnc(Cl)c1)NS2(=O)=O. The van der Waals surface area contributed by atoms with Crippen LogP contribution in [0, 0.1) is 11.6 Å². The van der Waals surface area contributed by atoms with Gasteiger partial charge in [-0.15, -0.1) is 0 Å². The van der Waals surface area contributed by atoms with Crippen molar-refractivity contribution in [1.82, 2.24) is 14.3 Å². The lowest BCUT2D eigenvalue weighted by Gasteiger charge is -2.29. The van der Waals surface area contributed by atoms with Gasteiger partial charge in [-0.3, -0.25) is 4.79 Å². The third-order valence-corrected chi connectivity index (χ3v) is 7.52. The van der Waals surface area contributed by atoms with Crippen LogP contribution in [0.1, 0.15) is 35.0 Å². The number of nitrogens with one attached hydrogen (secondary N) is 2. The number of aromatic nitrogens is 2. The number of nitrogens with zero attached hydrogens (tertiary/aromatic N) is 2. The van der Waals surface area contributed by atoms with E-state index in [0.717, 1.165) is 17.7 Å². The van der Waals surface area contributed by atoms with Crippen LogP contribution in [0.3, 0.4) is 0 Å². The van der Waals surface area contributed by atoms with Crippen molar-refractivity contribution in [2.45, 2.75) is 36.6 Å². The van der Waals surface area contributed by atoms with Crippen molar-refractivity contribution >= 4 is 33.2 Å². The lowest BCUT2D eigenvalue weighted by molar-refractivity contribution is 0.101. The number of amides is 1. The van der Waals surface area contributed by atoms with E-state index in [2.05, 4.69) is 15.0 Å². The van der Waals surface area contributed by atoms with Crippen LogP contribution in [0.4, 0.5) is 14.5 Å². The summed E-state index contributed by atoms with van der Waals surface area (Å²) >= 11 is 5.97. The average Bonchev–Trinajstić information content (AvgIpc) is 3.02. The van der Waals surface area contributed by atoms with E-state index in [4.69, 9.17) is 11.6 Å². The Morgan fingerprint density at radius 3 is 2.73 bits per heavy atom. The van der Waals surface area contributed by atoms with Crippen molar-refractivity contribution < 1.29 is 22.0 Å². The van der Waals surface area contributed by atoms with Crippen LogP contribution >= 0.6 is 11.6 Å². The number of fused-ring (bicyclic) bond motifs is 1. The molecular formula is C22H21ClF2N4O3S. The number of rotatable bonds is 4. The Balaban J connectivity index is 1.65. The summed E-state index contributed by atoms with van der Waals surface area (Å²) in [6.07, 6.45) is 4.03. The molecule has 1 aliphatic rings. The number of aryl methyl sites for hydroxylation is 1. The van der Waals surface area contributed by atoms with Crippen molar-refractivity contribution in [3.8, 4) is 0 Å². The van der Waals surface area contributed by atoms with Gasteiger partial charge >= 0.3 is 0 Å². The van der Waals surface area contributed by atoms with E-state index in [-0.39, 0.29) is 16.3 Å². The number of halogens is 3. The fraction of sp³-hybridized carbons (Fsp3) is 0.273. The van der Waals surface area contributed by atoms with Gasteiger partial charge in [0, 0.05) is 42.3 Å². The van der Waals surface area contributed by atoms with Crippen LogP contribution in [0.2, 0.25) is 5.15 Å². The lowest BCUT2D eigenvalue weighted by atomic mass is 9.88. The molecule has 7 nitrogen and oxygen atoms in total. The molecule has 0 aliphatic carbocycles. The molecule has 3 aromatic rings. The first-order valence-corrected chi connectivity index (χ1v) is 11.9. The zero-order valence-corrected chi connectivity index (χ0v) is 19.4. The summed E-state index contributed by atoms with van der Waals surface area (Å²) in [6.45, 7) is 1.80. The standard InChI is InChI=1S/C22H21ClF2N4O3S/c1-22(11-13-6-8-26-19(23)9-13)7-5-15-18(33(31,32)28-22)12-29(2)20(15)21(30)27-14-3-4-16(24)17(25)10-14/h3-4,6,8-10,12,28H,5,7,11H2,1-2H3,(H,27,30). The van der Waals surface area contributed by atoms with Crippen molar-refractivity contribution in [2.75, 3.05) is 5.32 Å². The summed E-state index contributed by atoms with van der Waals surface area (Å²) in [5.41, 5.74) is 0.548. The lowest BCUT2D eigenvalue weighted by Crippen LogP contribution is -2.46. The van der Waals surface area contributed by atoms with Crippen molar-refractivity contribution in [3.63, 3.8) is 0 Å². The molecule has 3 heterocycles. The maximum absolute atomic E-state index is 13.5. The summed E-state index contributed by atoms with van der Waals surface area (Å²) < 4.78 is 57.4. The molecule has 0 saturated heterocycles. The van der Waals surface area contributed by atoms with Gasteiger partial charge in [-0.2, -0.15) is 0 Å². The molecule has 1 amide bonds. The monoisotopic (exact) mass is 494 g/mol. The maximum Gasteiger partial charge on any atom is 0.272 e. The highest BCUT2D eigenvalue weighted by atomic mass is 35.5. The highest BCUT2D eigenvalue weighted by Crippen LogP contribution is 2.33. The fourth-order valence-corrected chi connectivity index (χ4v) is 6.09. The molecule has 1 unspecified atom stereocenters. The summed E-state index contributed by atoms with van der Waals surface area (Å²) in [5, 5.41) is 2.83. The molecule has 4 rings (SSSR count). The zero-order valence-electron chi connectivity index (χ0n) is 17.8. The van der Waals surface area contributed by atoms with E-state index in [1.165, 1.54) is 16.8 Å². The normalized spacial score (nSPS) is 19.5. The first kappa shape index (κ1) is 23.3. The highest BCUT2D eigenvalue weighted by molar-refractivity contribution is 7.89. The fourth-order valence-electron chi connectivity index (χ4n) is 4.14. The number of carbonyl (C=O) groups is 1. The van der Waals surface area contributed by atoms with Crippen LogP contribution in [-0.2, 0) is 29.9 Å². The van der Waals surface area contributed by atoms with Crippen molar-refractivity contribution in [3.05, 3.63) is 76.3 Å². The summed E-state index contributed by atoms with van der Waals surface area (Å²) in [7, 11) is -2.39. The molecule has 0 bridgehead atoms. The quantitative estimate of drug-likeness (QED) is 0.539. The van der Waals surface area contributed by atoms with Crippen LogP contribution in [-0.4, -0.2) is 29.4 Å². The van der Waals surface area contributed by atoms with Gasteiger partial charge in [0.05, 0.1) is 0 Å². The topological polar surface area (TPSA) is 93.1 Å². The number of sulfonamides is 1. The van der Waals surface area contributed by atoms with Gasteiger partial charge in [0.1, 0.15) is 15.7 Å². The van der Waals surface area contributed by atoms with Crippen LogP contribution in [0.15, 0.2) is 47.6 Å². The summed E-state index contributed by atoms with van der Waals surface area (Å²) in [4.78, 5) is 17.0. The minimum atomic E-state index is -3.95. The first-order valence-electron chi connectivity index (χ1n) is 10.1. The third-order valence-electron chi connectivity index (χ3n) is 5.62. The average molecular weight is 495 g/mol. The highest BCUT2D eigenvalue weighted by Gasteiger charge is 2.38. The first-order chi connectivity index (χ1) is 15.5. The zero-order chi connectivity index (χ0) is 24.0. The Morgan fingerprint density at radius 2 is 2.03 bits per heavy atom. The molecule has 1 aromatic carbocycles. The predicted molar refractivity (Wildman–Crippen MR) is 120 cm³/mol. The van der Waals surface area contributed by atoms with Crippen LogP contribution < -0.4 is 10.0 Å². The van der Waals surface area contributed by atoms with Gasteiger partial charge in [-0.25, -0.2) is 26.9 Å². The molecule has 2 N–H and O–H groups in total. The van der Waals surface area contributed by atoms with Gasteiger partial charge in [-0.1, -0.05) is 11.6 Å². The molecule has 0 saturated carbocycles. The largest absolute Gasteiger partial charge is 0.345 e. The number of benzene rings is 1. The molecular weight excluding hydrogens is 474 g/mol. The second-order valence-electron chi connectivity index (χ2n) is 8.34. The summed E-state index contributed by atoms with van der Waals surface area (Å²) in [5.74, 6) is -2.76. The second kappa shape index (κ2) is 8.51. The number of anilines is 1. The van der Waals surface area contributed by atoms with Gasteiger partial charge in [-0.05, 0) is 56.0 Å². The smallest absolute Gasteiger partial charge is 0.272 e. The minimum absolute atomic E-state index is 0.0110. The molecule has 2 aromatic heterocycles. The van der Waals surface area contributed by atoms with Gasteiger partial charge in [0.25, 0.3) is 5.91 Å². The Hall–Kier alpha value is -2.82. The van der Waals surface area contributed by atoms with Crippen molar-refractivity contribution in [2.24, 2.45) is 7.05 Å². The van der Waals surface area contributed by atoms with Crippen LogP contribution in [0.5, 0.6) is 0 Å². The Kier molecular flexibility index (Phi) is 6.02. The molecule has 33 heavy (non-hydrogen) atoms. The third kappa shape index (κ3) is 4.78. The van der Waals surface area contributed by atoms with E-state index in [0.29, 0.717) is 30.0 Å².